The van der Waals surface area contributed by atoms with Gasteiger partial charge in [-0.05, 0) is 55.2 Å². The van der Waals surface area contributed by atoms with E-state index in [0.29, 0.717) is 6.54 Å². The van der Waals surface area contributed by atoms with Gasteiger partial charge in [-0.15, -0.1) is 0 Å². The molecule has 0 fully saturated rings. The van der Waals surface area contributed by atoms with E-state index in [2.05, 4.69) is 6.92 Å². The van der Waals surface area contributed by atoms with Crippen LogP contribution >= 0.6 is 0 Å². The van der Waals surface area contributed by atoms with E-state index in [1.54, 1.807) is 12.0 Å². The van der Waals surface area contributed by atoms with E-state index in [-0.39, 0.29) is 5.91 Å². The highest BCUT2D eigenvalue weighted by Crippen LogP contribution is 2.18. The number of rotatable bonds is 5. The Hall–Kier alpha value is -2.29. The Morgan fingerprint density at radius 1 is 1.09 bits per heavy atom. The van der Waals surface area contributed by atoms with Crippen LogP contribution in [0.3, 0.4) is 0 Å². The Bertz CT molecular complexity index is 664. The van der Waals surface area contributed by atoms with E-state index >= 15 is 0 Å². The second-order valence-corrected chi connectivity index (χ2v) is 5.59. The van der Waals surface area contributed by atoms with Crippen LogP contribution in [0.2, 0.25) is 0 Å². The fourth-order valence-corrected chi connectivity index (χ4v) is 2.39. The normalized spacial score (nSPS) is 10.4. The number of benzene rings is 2. The molecule has 3 nitrogen and oxygen atoms in total. The fourth-order valence-electron chi connectivity index (χ4n) is 2.39. The number of aryl methyl sites for hydroxylation is 2. The Morgan fingerprint density at radius 3 is 2.50 bits per heavy atom. The first-order valence-electron chi connectivity index (χ1n) is 7.47. The van der Waals surface area contributed by atoms with Crippen LogP contribution in [0.5, 0.6) is 5.75 Å². The van der Waals surface area contributed by atoms with Crippen molar-refractivity contribution < 1.29 is 9.53 Å². The van der Waals surface area contributed by atoms with Crippen LogP contribution in [0.25, 0.3) is 0 Å². The highest BCUT2D eigenvalue weighted by Gasteiger charge is 2.13. The number of carbonyl (C=O) groups excluding carboxylic acids is 1. The van der Waals surface area contributed by atoms with Gasteiger partial charge in [-0.3, -0.25) is 4.79 Å². The molecular weight excluding hydrogens is 274 g/mol. The number of hydrogen-bond donors (Lipinski definition) is 0. The van der Waals surface area contributed by atoms with Crippen molar-refractivity contribution in [3.05, 3.63) is 64.7 Å². The maximum atomic E-state index is 12.5. The number of para-hydroxylation sites is 1. The molecule has 0 bridgehead atoms. The van der Waals surface area contributed by atoms with E-state index in [0.717, 1.165) is 28.9 Å². The van der Waals surface area contributed by atoms with Crippen molar-refractivity contribution in [1.29, 1.82) is 0 Å². The van der Waals surface area contributed by atoms with Crippen molar-refractivity contribution in [3.8, 4) is 5.75 Å². The average Bonchev–Trinajstić information content (AvgIpc) is 2.54. The van der Waals surface area contributed by atoms with Gasteiger partial charge in [0.15, 0.2) is 0 Å². The summed E-state index contributed by atoms with van der Waals surface area (Å²) in [5.74, 6) is 0.924. The van der Waals surface area contributed by atoms with Gasteiger partial charge < -0.3 is 9.64 Å². The lowest BCUT2D eigenvalue weighted by Gasteiger charge is -2.18. The van der Waals surface area contributed by atoms with Gasteiger partial charge in [-0.25, -0.2) is 0 Å². The Kier molecular flexibility index (Phi) is 5.21. The summed E-state index contributed by atoms with van der Waals surface area (Å²) in [5, 5.41) is 0. The summed E-state index contributed by atoms with van der Waals surface area (Å²) < 4.78 is 5.35. The molecule has 2 rings (SSSR count). The summed E-state index contributed by atoms with van der Waals surface area (Å²) in [5.41, 5.74) is 4.20. The summed E-state index contributed by atoms with van der Waals surface area (Å²) in [6, 6.07) is 13.8. The first kappa shape index (κ1) is 16.1. The van der Waals surface area contributed by atoms with Gasteiger partial charge in [0, 0.05) is 19.2 Å². The third-order valence-electron chi connectivity index (χ3n) is 4.01. The lowest BCUT2D eigenvalue weighted by atomic mass is 10.1. The number of nitrogens with zero attached hydrogens (tertiary/aromatic N) is 1. The zero-order valence-electron chi connectivity index (χ0n) is 13.7. The number of hydrogen-bond acceptors (Lipinski definition) is 2. The van der Waals surface area contributed by atoms with Gasteiger partial charge >= 0.3 is 0 Å². The lowest BCUT2D eigenvalue weighted by molar-refractivity contribution is 0.0796. The van der Waals surface area contributed by atoms with Crippen LogP contribution in [0.4, 0.5) is 0 Å². The smallest absolute Gasteiger partial charge is 0.253 e. The minimum absolute atomic E-state index is 0.0537. The van der Waals surface area contributed by atoms with Gasteiger partial charge in [0.1, 0.15) is 5.75 Å². The van der Waals surface area contributed by atoms with Gasteiger partial charge in [0.2, 0.25) is 0 Å². The first-order chi connectivity index (χ1) is 10.5. The molecule has 2 aromatic carbocycles. The molecule has 0 saturated carbocycles. The van der Waals surface area contributed by atoms with Crippen LogP contribution in [-0.2, 0) is 6.42 Å². The molecule has 0 N–H and O–H groups in total. The maximum Gasteiger partial charge on any atom is 0.253 e. The molecule has 2 aromatic rings. The van der Waals surface area contributed by atoms with Crippen molar-refractivity contribution >= 4 is 5.91 Å². The largest absolute Gasteiger partial charge is 0.496 e. The summed E-state index contributed by atoms with van der Waals surface area (Å²) in [4.78, 5) is 14.2. The Balaban J connectivity index is 2.03. The highest BCUT2D eigenvalue weighted by atomic mass is 16.5. The van der Waals surface area contributed by atoms with E-state index in [1.807, 2.05) is 56.4 Å². The molecule has 0 aliphatic heterocycles. The van der Waals surface area contributed by atoms with Crippen molar-refractivity contribution in [1.82, 2.24) is 4.90 Å². The molecule has 0 atom stereocenters. The predicted molar refractivity (Wildman–Crippen MR) is 89.6 cm³/mol. The molecule has 0 radical (unpaired) electrons. The van der Waals surface area contributed by atoms with Crippen LogP contribution in [0.15, 0.2) is 42.5 Å². The molecule has 0 saturated heterocycles. The van der Waals surface area contributed by atoms with Gasteiger partial charge in [0.25, 0.3) is 5.91 Å². The van der Waals surface area contributed by atoms with E-state index in [9.17, 15) is 4.79 Å². The number of carbonyl (C=O) groups is 1. The second-order valence-electron chi connectivity index (χ2n) is 5.59. The maximum absolute atomic E-state index is 12.5. The summed E-state index contributed by atoms with van der Waals surface area (Å²) in [7, 11) is 3.51. The SMILES string of the molecule is COc1ccccc1CCN(C)C(=O)c1ccc(C)c(C)c1. The predicted octanol–water partition coefficient (Wildman–Crippen LogP) is 3.63. The molecule has 0 aliphatic rings. The number of likely N-dealkylation sites (N-methyl/N-ethyl adjacent to an activating group) is 1. The van der Waals surface area contributed by atoms with Crippen LogP contribution in [0.1, 0.15) is 27.0 Å². The molecular formula is C19H23NO2. The van der Waals surface area contributed by atoms with E-state index in [4.69, 9.17) is 4.74 Å². The Labute approximate surface area is 132 Å². The lowest BCUT2D eigenvalue weighted by Crippen LogP contribution is -2.29. The van der Waals surface area contributed by atoms with Gasteiger partial charge in [0.05, 0.1) is 7.11 Å². The molecule has 0 unspecified atom stereocenters. The quantitative estimate of drug-likeness (QED) is 0.843. The van der Waals surface area contributed by atoms with Crippen molar-refractivity contribution in [2.75, 3.05) is 20.7 Å². The van der Waals surface area contributed by atoms with E-state index in [1.165, 1.54) is 5.56 Å². The first-order valence-corrected chi connectivity index (χ1v) is 7.47. The monoisotopic (exact) mass is 297 g/mol. The molecule has 0 spiro atoms. The fraction of sp³-hybridized carbons (Fsp3) is 0.316. The van der Waals surface area contributed by atoms with Crippen molar-refractivity contribution in [2.24, 2.45) is 0 Å². The van der Waals surface area contributed by atoms with E-state index < -0.39 is 0 Å². The topological polar surface area (TPSA) is 29.5 Å². The van der Waals surface area contributed by atoms with Crippen molar-refractivity contribution in [3.63, 3.8) is 0 Å². The zero-order chi connectivity index (χ0) is 16.1. The van der Waals surface area contributed by atoms with Gasteiger partial charge in [-0.1, -0.05) is 24.3 Å². The molecule has 0 aromatic heterocycles. The average molecular weight is 297 g/mol. The van der Waals surface area contributed by atoms with Crippen LogP contribution < -0.4 is 4.74 Å². The van der Waals surface area contributed by atoms with Gasteiger partial charge in [-0.2, -0.15) is 0 Å². The number of methoxy groups -OCH3 is 1. The number of ether oxygens (including phenoxy) is 1. The number of amides is 1. The van der Waals surface area contributed by atoms with Crippen LogP contribution in [-0.4, -0.2) is 31.5 Å². The van der Waals surface area contributed by atoms with Crippen molar-refractivity contribution in [2.45, 2.75) is 20.3 Å². The summed E-state index contributed by atoms with van der Waals surface area (Å²) in [6.45, 7) is 4.74. The molecule has 22 heavy (non-hydrogen) atoms. The Morgan fingerprint density at radius 2 is 1.82 bits per heavy atom. The summed E-state index contributed by atoms with van der Waals surface area (Å²) >= 11 is 0. The third-order valence-corrected chi connectivity index (χ3v) is 4.01. The molecule has 3 heteroatoms. The molecule has 1 amide bonds. The van der Waals surface area contributed by atoms with Crippen LogP contribution in [0, 0.1) is 13.8 Å². The second kappa shape index (κ2) is 7.12. The molecule has 0 heterocycles. The zero-order valence-corrected chi connectivity index (χ0v) is 13.7. The minimum Gasteiger partial charge on any atom is -0.496 e. The highest BCUT2D eigenvalue weighted by molar-refractivity contribution is 5.94. The summed E-state index contributed by atoms with van der Waals surface area (Å²) in [6.07, 6.45) is 0.775. The minimum atomic E-state index is 0.0537. The standard InChI is InChI=1S/C19H23NO2/c1-14-9-10-17(13-15(14)2)19(21)20(3)12-11-16-7-5-6-8-18(16)22-4/h5-10,13H,11-12H2,1-4H3. The molecule has 0 aliphatic carbocycles. The third kappa shape index (κ3) is 3.67. The molecule has 116 valence electrons.